The van der Waals surface area contributed by atoms with Crippen molar-refractivity contribution in [3.05, 3.63) is 40.6 Å². The van der Waals surface area contributed by atoms with E-state index >= 15 is 0 Å². The first-order valence-electron chi connectivity index (χ1n) is 6.95. The lowest BCUT2D eigenvalue weighted by molar-refractivity contribution is 0.422. The quantitative estimate of drug-likeness (QED) is 0.928. The monoisotopic (exact) mass is 273 g/mol. The fourth-order valence-corrected chi connectivity index (χ4v) is 2.23. The van der Waals surface area contributed by atoms with Crippen LogP contribution >= 0.6 is 0 Å². The van der Waals surface area contributed by atoms with Gasteiger partial charge in [-0.3, -0.25) is 0 Å². The van der Waals surface area contributed by atoms with Gasteiger partial charge in [-0.1, -0.05) is 26.0 Å². The Morgan fingerprint density at radius 1 is 1.30 bits per heavy atom. The summed E-state index contributed by atoms with van der Waals surface area (Å²) in [6, 6.07) is 6.34. The molecular formula is C16H23N3O. The molecule has 0 spiro atoms. The SMILES string of the molecule is Cc1ccc(C(C)C)cc1Oc1c(CN)c(C)nn1C. The Bertz CT molecular complexity index is 614. The van der Waals surface area contributed by atoms with Crippen LogP contribution in [0.5, 0.6) is 11.6 Å². The Balaban J connectivity index is 2.42. The van der Waals surface area contributed by atoms with Gasteiger partial charge in [0.15, 0.2) is 0 Å². The second kappa shape index (κ2) is 5.67. The molecule has 0 saturated heterocycles. The van der Waals surface area contributed by atoms with E-state index in [1.165, 1.54) is 5.56 Å². The van der Waals surface area contributed by atoms with Crippen molar-refractivity contribution in [1.29, 1.82) is 0 Å². The number of hydrogen-bond acceptors (Lipinski definition) is 3. The summed E-state index contributed by atoms with van der Waals surface area (Å²) in [6.45, 7) is 8.77. The van der Waals surface area contributed by atoms with E-state index in [-0.39, 0.29) is 0 Å². The van der Waals surface area contributed by atoms with Crippen LogP contribution in [-0.4, -0.2) is 9.78 Å². The van der Waals surface area contributed by atoms with E-state index < -0.39 is 0 Å². The van der Waals surface area contributed by atoms with Crippen molar-refractivity contribution < 1.29 is 4.74 Å². The molecule has 0 saturated carbocycles. The average molecular weight is 273 g/mol. The van der Waals surface area contributed by atoms with Crippen molar-refractivity contribution in [2.24, 2.45) is 12.8 Å². The van der Waals surface area contributed by atoms with E-state index in [0.29, 0.717) is 12.5 Å². The zero-order chi connectivity index (χ0) is 14.9. The Hall–Kier alpha value is -1.81. The Morgan fingerprint density at radius 2 is 2.00 bits per heavy atom. The number of nitrogens with zero attached hydrogens (tertiary/aromatic N) is 2. The molecule has 0 bridgehead atoms. The lowest BCUT2D eigenvalue weighted by atomic mass is 10.0. The third-order valence-corrected chi connectivity index (χ3v) is 3.58. The number of aryl methyl sites for hydroxylation is 3. The normalized spacial score (nSPS) is 11.2. The molecule has 4 heteroatoms. The number of rotatable bonds is 4. The molecule has 20 heavy (non-hydrogen) atoms. The van der Waals surface area contributed by atoms with Crippen LogP contribution in [0.1, 0.15) is 42.1 Å². The van der Waals surface area contributed by atoms with Crippen LogP contribution in [0.3, 0.4) is 0 Å². The van der Waals surface area contributed by atoms with Gasteiger partial charge < -0.3 is 10.5 Å². The molecule has 0 atom stereocenters. The number of hydrogen-bond donors (Lipinski definition) is 1. The minimum absolute atomic E-state index is 0.428. The second-order valence-corrected chi connectivity index (χ2v) is 5.48. The van der Waals surface area contributed by atoms with Crippen LogP contribution in [0.25, 0.3) is 0 Å². The average Bonchev–Trinajstić information content (AvgIpc) is 2.66. The number of nitrogens with two attached hydrogens (primary N) is 1. The summed E-state index contributed by atoms with van der Waals surface area (Å²) in [5.41, 5.74) is 10.1. The van der Waals surface area contributed by atoms with E-state index in [0.717, 1.165) is 28.5 Å². The molecule has 0 amide bonds. The van der Waals surface area contributed by atoms with E-state index in [1.807, 2.05) is 20.9 Å². The number of benzene rings is 1. The Morgan fingerprint density at radius 3 is 2.60 bits per heavy atom. The summed E-state index contributed by atoms with van der Waals surface area (Å²) in [5.74, 6) is 2.07. The van der Waals surface area contributed by atoms with Crippen LogP contribution in [0.15, 0.2) is 18.2 Å². The zero-order valence-electron chi connectivity index (χ0n) is 12.9. The van der Waals surface area contributed by atoms with Gasteiger partial charge in [-0.25, -0.2) is 4.68 Å². The summed E-state index contributed by atoms with van der Waals surface area (Å²) >= 11 is 0. The van der Waals surface area contributed by atoms with Gasteiger partial charge in [0, 0.05) is 13.6 Å². The largest absolute Gasteiger partial charge is 0.439 e. The third-order valence-electron chi connectivity index (χ3n) is 3.58. The Labute approximate surface area is 120 Å². The first-order valence-corrected chi connectivity index (χ1v) is 6.95. The summed E-state index contributed by atoms with van der Waals surface area (Å²) in [7, 11) is 1.88. The van der Waals surface area contributed by atoms with Gasteiger partial charge in [-0.05, 0) is 37.0 Å². The molecule has 0 radical (unpaired) electrons. The second-order valence-electron chi connectivity index (χ2n) is 5.48. The number of aromatic nitrogens is 2. The van der Waals surface area contributed by atoms with Crippen molar-refractivity contribution in [1.82, 2.24) is 9.78 Å². The van der Waals surface area contributed by atoms with Gasteiger partial charge in [0.25, 0.3) is 0 Å². The van der Waals surface area contributed by atoms with Gasteiger partial charge in [0.1, 0.15) is 5.75 Å². The lowest BCUT2D eigenvalue weighted by Gasteiger charge is -2.13. The van der Waals surface area contributed by atoms with Crippen LogP contribution in [0, 0.1) is 13.8 Å². The molecule has 2 N–H and O–H groups in total. The van der Waals surface area contributed by atoms with Gasteiger partial charge in [0.2, 0.25) is 5.88 Å². The van der Waals surface area contributed by atoms with Crippen molar-refractivity contribution >= 4 is 0 Å². The first kappa shape index (κ1) is 14.6. The first-order chi connectivity index (χ1) is 9.43. The molecule has 1 aromatic heterocycles. The van der Waals surface area contributed by atoms with Crippen molar-refractivity contribution in [2.75, 3.05) is 0 Å². The topological polar surface area (TPSA) is 53.1 Å². The van der Waals surface area contributed by atoms with Crippen molar-refractivity contribution in [3.8, 4) is 11.6 Å². The van der Waals surface area contributed by atoms with Crippen LogP contribution < -0.4 is 10.5 Å². The van der Waals surface area contributed by atoms with Gasteiger partial charge in [-0.2, -0.15) is 5.10 Å². The molecule has 0 aliphatic rings. The molecule has 1 aromatic carbocycles. The molecule has 108 valence electrons. The predicted molar refractivity (Wildman–Crippen MR) is 81.2 cm³/mol. The minimum atomic E-state index is 0.428. The maximum atomic E-state index is 6.09. The summed E-state index contributed by atoms with van der Waals surface area (Å²) < 4.78 is 7.84. The molecule has 4 nitrogen and oxygen atoms in total. The highest BCUT2D eigenvalue weighted by atomic mass is 16.5. The van der Waals surface area contributed by atoms with E-state index in [1.54, 1.807) is 4.68 Å². The van der Waals surface area contributed by atoms with Crippen molar-refractivity contribution in [2.45, 2.75) is 40.2 Å². The van der Waals surface area contributed by atoms with Crippen LogP contribution in [0.4, 0.5) is 0 Å². The minimum Gasteiger partial charge on any atom is -0.439 e. The fraction of sp³-hybridized carbons (Fsp3) is 0.438. The molecule has 1 heterocycles. The summed E-state index contributed by atoms with van der Waals surface area (Å²) in [5, 5.41) is 4.38. The van der Waals surface area contributed by atoms with Gasteiger partial charge >= 0.3 is 0 Å². The number of ether oxygens (including phenoxy) is 1. The molecule has 0 aliphatic heterocycles. The molecule has 2 aromatic rings. The maximum absolute atomic E-state index is 6.09. The molecule has 0 aliphatic carbocycles. The lowest BCUT2D eigenvalue weighted by Crippen LogP contribution is -2.02. The van der Waals surface area contributed by atoms with Crippen LogP contribution in [-0.2, 0) is 13.6 Å². The zero-order valence-corrected chi connectivity index (χ0v) is 12.9. The van der Waals surface area contributed by atoms with Crippen LogP contribution in [0.2, 0.25) is 0 Å². The van der Waals surface area contributed by atoms with E-state index in [2.05, 4.69) is 37.1 Å². The van der Waals surface area contributed by atoms with E-state index in [9.17, 15) is 0 Å². The summed E-state index contributed by atoms with van der Waals surface area (Å²) in [4.78, 5) is 0. The van der Waals surface area contributed by atoms with Gasteiger partial charge in [-0.15, -0.1) is 0 Å². The highest BCUT2D eigenvalue weighted by Crippen LogP contribution is 2.31. The Kier molecular flexibility index (Phi) is 4.14. The molecule has 2 rings (SSSR count). The van der Waals surface area contributed by atoms with Gasteiger partial charge in [0.05, 0.1) is 11.3 Å². The third kappa shape index (κ3) is 2.70. The fourth-order valence-electron chi connectivity index (χ4n) is 2.23. The molecular weight excluding hydrogens is 250 g/mol. The highest BCUT2D eigenvalue weighted by Gasteiger charge is 2.15. The smallest absolute Gasteiger partial charge is 0.222 e. The maximum Gasteiger partial charge on any atom is 0.222 e. The predicted octanol–water partition coefficient (Wildman–Crippen LogP) is 3.41. The molecule has 0 unspecified atom stereocenters. The summed E-state index contributed by atoms with van der Waals surface area (Å²) in [6.07, 6.45) is 0. The van der Waals surface area contributed by atoms with E-state index in [4.69, 9.17) is 10.5 Å². The standard InChI is InChI=1S/C16H23N3O/c1-10(2)13-7-6-11(3)15(8-13)20-16-14(9-17)12(4)18-19(16)5/h6-8,10H,9,17H2,1-5H3. The molecule has 0 fully saturated rings. The van der Waals surface area contributed by atoms with Crippen molar-refractivity contribution in [3.63, 3.8) is 0 Å². The highest BCUT2D eigenvalue weighted by molar-refractivity contribution is 5.42.